The predicted octanol–water partition coefficient (Wildman–Crippen LogP) is 4.08. The Hall–Kier alpha value is -3.12. The molecule has 0 aromatic heterocycles. The van der Waals surface area contributed by atoms with Crippen LogP contribution in [-0.4, -0.2) is 20.9 Å². The molecule has 0 saturated heterocycles. The summed E-state index contributed by atoms with van der Waals surface area (Å²) in [7, 11) is -3.81. The lowest BCUT2D eigenvalue weighted by molar-refractivity contribution is 0.0954. The second-order valence-electron chi connectivity index (χ2n) is 6.94. The highest BCUT2D eigenvalue weighted by atomic mass is 32.2. The molecule has 0 aliphatic heterocycles. The third kappa shape index (κ3) is 5.45. The van der Waals surface area contributed by atoms with Crippen molar-refractivity contribution >= 4 is 21.6 Å². The maximum absolute atomic E-state index is 12.8. The smallest absolute Gasteiger partial charge is 0.262 e. The summed E-state index contributed by atoms with van der Waals surface area (Å²) >= 11 is 0. The van der Waals surface area contributed by atoms with Gasteiger partial charge in [0, 0.05) is 17.8 Å². The van der Waals surface area contributed by atoms with Crippen molar-refractivity contribution in [3.63, 3.8) is 0 Å². The maximum atomic E-state index is 12.8. The summed E-state index contributed by atoms with van der Waals surface area (Å²) in [4.78, 5) is 12.6. The molecule has 3 aromatic carbocycles. The topological polar surface area (TPSA) is 75.3 Å². The highest BCUT2D eigenvalue weighted by Crippen LogP contribution is 2.21. The lowest BCUT2D eigenvalue weighted by Crippen LogP contribution is -2.26. The van der Waals surface area contributed by atoms with E-state index in [0.717, 1.165) is 11.1 Å². The zero-order chi connectivity index (χ0) is 20.9. The van der Waals surface area contributed by atoms with E-state index < -0.39 is 10.0 Å². The van der Waals surface area contributed by atoms with Crippen molar-refractivity contribution < 1.29 is 13.2 Å². The predicted molar refractivity (Wildman–Crippen MR) is 116 cm³/mol. The summed E-state index contributed by atoms with van der Waals surface area (Å²) in [5.41, 5.74) is 3.53. The van der Waals surface area contributed by atoms with Gasteiger partial charge in [0.2, 0.25) is 0 Å². The lowest BCUT2D eigenvalue weighted by atomic mass is 10.1. The van der Waals surface area contributed by atoms with Crippen molar-refractivity contribution in [3.05, 3.63) is 95.1 Å². The highest BCUT2D eigenvalue weighted by molar-refractivity contribution is 7.92. The molecule has 2 N–H and O–H groups in total. The molecule has 0 spiro atoms. The van der Waals surface area contributed by atoms with E-state index in [-0.39, 0.29) is 10.8 Å². The standard InChI is InChI=1S/C23H24N2O3S/c1-17-8-12-21(13-9-17)25-29(27,28)22-16-20(11-10-18(22)2)23(26)24-15-14-19-6-4-3-5-7-19/h3-13,16,25H,14-15H2,1-2H3,(H,24,26). The van der Waals surface area contributed by atoms with Gasteiger partial charge in [-0.25, -0.2) is 8.42 Å². The molecule has 0 aliphatic rings. The molecule has 3 aromatic rings. The average Bonchev–Trinajstić information content (AvgIpc) is 2.70. The number of aryl methyl sites for hydroxylation is 2. The van der Waals surface area contributed by atoms with Crippen LogP contribution in [0.3, 0.4) is 0 Å². The Bertz CT molecular complexity index is 1090. The zero-order valence-corrected chi connectivity index (χ0v) is 17.3. The fourth-order valence-electron chi connectivity index (χ4n) is 2.93. The fraction of sp³-hybridized carbons (Fsp3) is 0.174. The summed E-state index contributed by atoms with van der Waals surface area (Å²) in [5, 5.41) is 2.85. The van der Waals surface area contributed by atoms with E-state index >= 15 is 0 Å². The zero-order valence-electron chi connectivity index (χ0n) is 16.5. The van der Waals surface area contributed by atoms with Crippen molar-refractivity contribution in [2.24, 2.45) is 0 Å². The second kappa shape index (κ2) is 8.92. The van der Waals surface area contributed by atoms with Gasteiger partial charge in [-0.3, -0.25) is 9.52 Å². The molecule has 150 valence electrons. The van der Waals surface area contributed by atoms with E-state index in [9.17, 15) is 13.2 Å². The van der Waals surface area contributed by atoms with Crippen LogP contribution < -0.4 is 10.0 Å². The van der Waals surface area contributed by atoms with Crippen LogP contribution in [0.1, 0.15) is 27.0 Å². The van der Waals surface area contributed by atoms with Crippen LogP contribution in [0.5, 0.6) is 0 Å². The van der Waals surface area contributed by atoms with Crippen LogP contribution in [0.25, 0.3) is 0 Å². The molecule has 0 aliphatic carbocycles. The molecule has 3 rings (SSSR count). The number of rotatable bonds is 7. The summed E-state index contributed by atoms with van der Waals surface area (Å²) in [6, 6.07) is 21.6. The Morgan fingerprint density at radius 3 is 2.28 bits per heavy atom. The minimum atomic E-state index is -3.81. The van der Waals surface area contributed by atoms with Gasteiger partial charge in [-0.15, -0.1) is 0 Å². The summed E-state index contributed by atoms with van der Waals surface area (Å²) in [6.45, 7) is 4.11. The summed E-state index contributed by atoms with van der Waals surface area (Å²) in [5.74, 6) is -0.298. The molecule has 0 fully saturated rings. The average molecular weight is 409 g/mol. The molecule has 0 saturated carbocycles. The largest absolute Gasteiger partial charge is 0.352 e. The third-order valence-corrected chi connectivity index (χ3v) is 6.11. The first kappa shape index (κ1) is 20.6. The number of amides is 1. The van der Waals surface area contributed by atoms with Crippen LogP contribution >= 0.6 is 0 Å². The van der Waals surface area contributed by atoms with Crippen molar-refractivity contribution in [3.8, 4) is 0 Å². The number of benzene rings is 3. The quantitative estimate of drug-likeness (QED) is 0.619. The monoisotopic (exact) mass is 408 g/mol. The number of sulfonamides is 1. The number of hydrogen-bond acceptors (Lipinski definition) is 3. The summed E-state index contributed by atoms with van der Waals surface area (Å²) < 4.78 is 28.3. The number of hydrogen-bond donors (Lipinski definition) is 2. The first-order valence-corrected chi connectivity index (χ1v) is 10.9. The highest BCUT2D eigenvalue weighted by Gasteiger charge is 2.19. The van der Waals surface area contributed by atoms with E-state index in [4.69, 9.17) is 0 Å². The molecular formula is C23H24N2O3S. The second-order valence-corrected chi connectivity index (χ2v) is 8.59. The van der Waals surface area contributed by atoms with E-state index in [2.05, 4.69) is 10.0 Å². The molecule has 6 heteroatoms. The number of nitrogens with one attached hydrogen (secondary N) is 2. The van der Waals surface area contributed by atoms with Crippen molar-refractivity contribution in [1.82, 2.24) is 5.32 Å². The van der Waals surface area contributed by atoms with Gasteiger partial charge >= 0.3 is 0 Å². The van der Waals surface area contributed by atoms with Gasteiger partial charge in [-0.05, 0) is 55.7 Å². The Morgan fingerprint density at radius 1 is 0.897 bits per heavy atom. The van der Waals surface area contributed by atoms with Gasteiger partial charge in [-0.2, -0.15) is 0 Å². The Morgan fingerprint density at radius 2 is 1.59 bits per heavy atom. The van der Waals surface area contributed by atoms with Crippen LogP contribution in [-0.2, 0) is 16.4 Å². The first-order valence-electron chi connectivity index (χ1n) is 9.37. The van der Waals surface area contributed by atoms with Crippen LogP contribution in [0, 0.1) is 13.8 Å². The van der Waals surface area contributed by atoms with Gasteiger partial charge in [0.05, 0.1) is 4.90 Å². The van der Waals surface area contributed by atoms with Crippen molar-refractivity contribution in [2.75, 3.05) is 11.3 Å². The van der Waals surface area contributed by atoms with Crippen LogP contribution in [0.15, 0.2) is 77.7 Å². The van der Waals surface area contributed by atoms with E-state index in [1.165, 1.54) is 6.07 Å². The molecule has 0 heterocycles. The normalized spacial score (nSPS) is 11.1. The molecule has 0 bridgehead atoms. The van der Waals surface area contributed by atoms with Gasteiger partial charge in [0.1, 0.15) is 0 Å². The Kier molecular flexibility index (Phi) is 6.34. The lowest BCUT2D eigenvalue weighted by Gasteiger charge is -2.12. The van der Waals surface area contributed by atoms with E-state index in [1.807, 2.05) is 49.4 Å². The van der Waals surface area contributed by atoms with Gasteiger partial charge in [0.15, 0.2) is 0 Å². The Labute approximate surface area is 171 Å². The fourth-order valence-corrected chi connectivity index (χ4v) is 4.26. The van der Waals surface area contributed by atoms with E-state index in [1.54, 1.807) is 31.2 Å². The number of anilines is 1. The first-order chi connectivity index (χ1) is 13.8. The molecule has 0 radical (unpaired) electrons. The van der Waals surface area contributed by atoms with Crippen molar-refractivity contribution in [2.45, 2.75) is 25.2 Å². The minimum absolute atomic E-state index is 0.0915. The van der Waals surface area contributed by atoms with Gasteiger partial charge in [-0.1, -0.05) is 54.1 Å². The number of carbonyl (C=O) groups excluding carboxylic acids is 1. The molecule has 0 atom stereocenters. The molecular weight excluding hydrogens is 384 g/mol. The SMILES string of the molecule is Cc1ccc(NS(=O)(=O)c2cc(C(=O)NCCc3ccccc3)ccc2C)cc1. The number of carbonyl (C=O) groups is 1. The molecule has 5 nitrogen and oxygen atoms in total. The summed E-state index contributed by atoms with van der Waals surface area (Å²) in [6.07, 6.45) is 0.707. The molecule has 1 amide bonds. The minimum Gasteiger partial charge on any atom is -0.352 e. The third-order valence-electron chi connectivity index (χ3n) is 4.59. The van der Waals surface area contributed by atoms with Crippen LogP contribution in [0.4, 0.5) is 5.69 Å². The maximum Gasteiger partial charge on any atom is 0.262 e. The van der Waals surface area contributed by atoms with Crippen molar-refractivity contribution in [1.29, 1.82) is 0 Å². The van der Waals surface area contributed by atoms with E-state index in [0.29, 0.717) is 29.8 Å². The van der Waals surface area contributed by atoms with Gasteiger partial charge < -0.3 is 5.32 Å². The van der Waals surface area contributed by atoms with Crippen LogP contribution in [0.2, 0.25) is 0 Å². The molecule has 0 unspecified atom stereocenters. The Balaban J connectivity index is 1.72. The van der Waals surface area contributed by atoms with Gasteiger partial charge in [0.25, 0.3) is 15.9 Å². The molecule has 29 heavy (non-hydrogen) atoms.